The van der Waals surface area contributed by atoms with Crippen molar-refractivity contribution in [1.82, 2.24) is 9.80 Å². The van der Waals surface area contributed by atoms with Crippen LogP contribution in [0, 0.1) is 11.7 Å². The Morgan fingerprint density at radius 2 is 2.23 bits per heavy atom. The predicted octanol–water partition coefficient (Wildman–Crippen LogP) is 4.32. The molecular formula is C23H31FN2O3S. The number of allylic oxidation sites excluding steroid dienone is 2. The Morgan fingerprint density at radius 1 is 1.43 bits per heavy atom. The van der Waals surface area contributed by atoms with Gasteiger partial charge >= 0.3 is 5.97 Å². The highest BCUT2D eigenvalue weighted by atomic mass is 32.2. The highest BCUT2D eigenvalue weighted by Crippen LogP contribution is 2.36. The number of thioether (sulfide) groups is 1. The zero-order valence-corrected chi connectivity index (χ0v) is 18.8. The van der Waals surface area contributed by atoms with Gasteiger partial charge < -0.3 is 19.6 Å². The number of carboxylic acids is 1. The Bertz CT molecular complexity index is 820. The Morgan fingerprint density at radius 3 is 2.87 bits per heavy atom. The average molecular weight is 435 g/mol. The zero-order valence-electron chi connectivity index (χ0n) is 17.9. The van der Waals surface area contributed by atoms with Crippen molar-refractivity contribution in [1.29, 1.82) is 0 Å². The number of carboxylic acid groups (broad SMARTS) is 1. The van der Waals surface area contributed by atoms with Crippen LogP contribution in [0.25, 0.3) is 0 Å². The maximum Gasteiger partial charge on any atom is 0.334 e. The summed E-state index contributed by atoms with van der Waals surface area (Å²) in [5, 5.41) is 9.57. The summed E-state index contributed by atoms with van der Waals surface area (Å²) in [5.41, 5.74) is 1.99. The van der Waals surface area contributed by atoms with E-state index in [1.54, 1.807) is 17.8 Å². The van der Waals surface area contributed by atoms with Crippen molar-refractivity contribution < 1.29 is 19.0 Å². The second-order valence-corrected chi connectivity index (χ2v) is 9.29. The zero-order chi connectivity index (χ0) is 21.7. The average Bonchev–Trinajstić information content (AvgIpc) is 2.70. The van der Waals surface area contributed by atoms with Crippen molar-refractivity contribution in [3.8, 4) is 0 Å². The number of rotatable bonds is 8. The molecule has 7 heteroatoms. The molecule has 2 unspecified atom stereocenters. The van der Waals surface area contributed by atoms with E-state index in [0.717, 1.165) is 55.3 Å². The topological polar surface area (TPSA) is 53.0 Å². The van der Waals surface area contributed by atoms with Gasteiger partial charge in [-0.25, -0.2) is 9.18 Å². The number of carbonyl (C=O) groups is 1. The van der Waals surface area contributed by atoms with Gasteiger partial charge in [0.2, 0.25) is 0 Å². The molecule has 164 valence electrons. The van der Waals surface area contributed by atoms with Crippen molar-refractivity contribution in [2.24, 2.45) is 5.92 Å². The molecule has 0 spiro atoms. The van der Waals surface area contributed by atoms with E-state index >= 15 is 0 Å². The third-order valence-corrected chi connectivity index (χ3v) is 6.71. The lowest BCUT2D eigenvalue weighted by molar-refractivity contribution is -0.133. The van der Waals surface area contributed by atoms with Gasteiger partial charge in [-0.1, -0.05) is 19.1 Å². The van der Waals surface area contributed by atoms with Crippen molar-refractivity contribution in [3.05, 3.63) is 58.7 Å². The van der Waals surface area contributed by atoms with E-state index in [2.05, 4.69) is 9.80 Å². The lowest BCUT2D eigenvalue weighted by Gasteiger charge is -2.43. The van der Waals surface area contributed by atoms with Gasteiger partial charge in [-0.15, -0.1) is 11.8 Å². The quantitative estimate of drug-likeness (QED) is 0.658. The van der Waals surface area contributed by atoms with E-state index in [1.807, 2.05) is 33.0 Å². The van der Waals surface area contributed by atoms with Crippen LogP contribution in [-0.4, -0.2) is 58.8 Å². The van der Waals surface area contributed by atoms with Crippen molar-refractivity contribution >= 4 is 17.7 Å². The molecule has 5 nitrogen and oxygen atoms in total. The van der Waals surface area contributed by atoms with Crippen LogP contribution >= 0.6 is 11.8 Å². The molecule has 1 saturated heterocycles. The van der Waals surface area contributed by atoms with Gasteiger partial charge in [0.25, 0.3) is 0 Å². The normalized spacial score (nSPS) is 22.1. The number of hydrogen-bond donors (Lipinski definition) is 1. The van der Waals surface area contributed by atoms with Gasteiger partial charge in [0, 0.05) is 26.7 Å². The molecule has 30 heavy (non-hydrogen) atoms. The molecular weight excluding hydrogens is 403 g/mol. The largest absolute Gasteiger partial charge is 0.478 e. The first-order chi connectivity index (χ1) is 14.4. The van der Waals surface area contributed by atoms with Gasteiger partial charge in [0.15, 0.2) is 0 Å². The molecule has 0 bridgehead atoms. The molecule has 0 radical (unpaired) electrons. The Kier molecular flexibility index (Phi) is 7.83. The van der Waals surface area contributed by atoms with Crippen molar-refractivity contribution in [3.63, 3.8) is 0 Å². The number of benzene rings is 1. The van der Waals surface area contributed by atoms with Crippen molar-refractivity contribution in [2.45, 2.75) is 38.6 Å². The van der Waals surface area contributed by atoms with Gasteiger partial charge in [-0.3, -0.25) is 0 Å². The van der Waals surface area contributed by atoms with E-state index in [4.69, 9.17) is 4.74 Å². The Balaban J connectivity index is 1.95. The lowest BCUT2D eigenvalue weighted by Crippen LogP contribution is -2.45. The van der Waals surface area contributed by atoms with E-state index in [9.17, 15) is 14.3 Å². The number of hydrogen-bond acceptors (Lipinski definition) is 5. The molecule has 1 fully saturated rings. The summed E-state index contributed by atoms with van der Waals surface area (Å²) in [6, 6.07) is 6.53. The van der Waals surface area contributed by atoms with Crippen LogP contribution < -0.4 is 0 Å². The Labute approximate surface area is 182 Å². The van der Waals surface area contributed by atoms with Crippen LogP contribution in [0.5, 0.6) is 0 Å². The lowest BCUT2D eigenvalue weighted by atomic mass is 10.0. The number of aliphatic carboxylic acids is 1. The number of halogens is 1. The summed E-state index contributed by atoms with van der Waals surface area (Å²) in [6.07, 6.45) is 4.16. The van der Waals surface area contributed by atoms with E-state index in [0.29, 0.717) is 18.0 Å². The summed E-state index contributed by atoms with van der Waals surface area (Å²) < 4.78 is 19.5. The summed E-state index contributed by atoms with van der Waals surface area (Å²) in [4.78, 5) is 16.4. The summed E-state index contributed by atoms with van der Waals surface area (Å²) in [5.74, 6) is 1.01. The smallest absolute Gasteiger partial charge is 0.334 e. The molecule has 0 saturated carbocycles. The van der Waals surface area contributed by atoms with E-state index in [-0.39, 0.29) is 11.2 Å². The summed E-state index contributed by atoms with van der Waals surface area (Å²) >= 11 is 1.59. The van der Waals surface area contributed by atoms with Crippen LogP contribution in [0.2, 0.25) is 0 Å². The summed E-state index contributed by atoms with van der Waals surface area (Å²) in [6.45, 7) is 6.75. The summed E-state index contributed by atoms with van der Waals surface area (Å²) in [7, 11) is 2.05. The van der Waals surface area contributed by atoms with Crippen LogP contribution in [0.15, 0.2) is 47.3 Å². The maximum absolute atomic E-state index is 13.8. The second-order valence-electron chi connectivity index (χ2n) is 7.93. The fourth-order valence-electron chi connectivity index (χ4n) is 4.19. The minimum atomic E-state index is -0.902. The molecule has 1 N–H and O–H groups in total. The molecule has 0 aliphatic carbocycles. The van der Waals surface area contributed by atoms with E-state index in [1.165, 1.54) is 12.1 Å². The minimum Gasteiger partial charge on any atom is -0.478 e. The molecule has 2 atom stereocenters. The maximum atomic E-state index is 13.8. The molecule has 2 aliphatic heterocycles. The monoisotopic (exact) mass is 434 g/mol. The molecule has 3 rings (SSSR count). The Hall–Kier alpha value is -1.99. The molecule has 2 aliphatic rings. The third kappa shape index (κ3) is 5.38. The predicted molar refractivity (Wildman–Crippen MR) is 118 cm³/mol. The minimum absolute atomic E-state index is 0.285. The molecule has 1 aromatic rings. The highest BCUT2D eigenvalue weighted by molar-refractivity contribution is 8.00. The third-order valence-electron chi connectivity index (χ3n) is 5.57. The fraction of sp³-hybridized carbons (Fsp3) is 0.522. The number of nitrogens with zero attached hydrogens (tertiary/aromatic N) is 2. The first kappa shape index (κ1) is 22.7. The highest BCUT2D eigenvalue weighted by Gasteiger charge is 2.35. The van der Waals surface area contributed by atoms with Crippen molar-refractivity contribution in [2.75, 3.05) is 32.6 Å². The van der Waals surface area contributed by atoms with E-state index < -0.39 is 5.97 Å². The van der Waals surface area contributed by atoms with Gasteiger partial charge in [0.05, 0.1) is 12.2 Å². The SMILES string of the molecule is CCSC1C(C(=O)O)=C(C)C=C(N(C)CC2CCCOC2)N1Cc1cccc(F)c1. The van der Waals surface area contributed by atoms with Crippen LogP contribution in [-0.2, 0) is 16.1 Å². The molecule has 2 heterocycles. The first-order valence-electron chi connectivity index (χ1n) is 10.5. The molecule has 0 amide bonds. The van der Waals surface area contributed by atoms with Crippen LogP contribution in [0.3, 0.4) is 0 Å². The number of ether oxygens (including phenoxy) is 1. The second kappa shape index (κ2) is 10.4. The first-order valence-corrected chi connectivity index (χ1v) is 11.5. The fourth-order valence-corrected chi connectivity index (χ4v) is 5.32. The molecule has 0 aromatic heterocycles. The van der Waals surface area contributed by atoms with Gasteiger partial charge in [0.1, 0.15) is 17.0 Å². The van der Waals surface area contributed by atoms with Gasteiger partial charge in [-0.05, 0) is 60.8 Å². The van der Waals surface area contributed by atoms with Gasteiger partial charge in [-0.2, -0.15) is 0 Å². The molecule has 1 aromatic carbocycles. The van der Waals surface area contributed by atoms with Crippen LogP contribution in [0.1, 0.15) is 32.3 Å². The van der Waals surface area contributed by atoms with Crippen LogP contribution in [0.4, 0.5) is 4.39 Å². The standard InChI is InChI=1S/C23H31FN2O3S/c1-4-30-22-21(23(27)28)16(2)11-20(25(3)13-18-8-6-10-29-15-18)26(22)14-17-7-5-9-19(24)12-17/h5,7,9,11-12,18,22H,4,6,8,10,13-15H2,1-3H3,(H,27,28).